The lowest BCUT2D eigenvalue weighted by molar-refractivity contribution is 0.0689. The third-order valence-electron chi connectivity index (χ3n) is 5.99. The molecule has 0 amide bonds. The Hall–Kier alpha value is -4.16. The number of hydrogen-bond donors (Lipinski definition) is 1. The third-order valence-corrected chi connectivity index (χ3v) is 6.72. The molecule has 1 N–H and O–H groups in total. The molecule has 0 aliphatic heterocycles. The van der Waals surface area contributed by atoms with Crippen molar-refractivity contribution in [2.24, 2.45) is 0 Å². The lowest BCUT2D eigenvalue weighted by Crippen LogP contribution is -2.08. The van der Waals surface area contributed by atoms with Crippen LogP contribution in [0.5, 0.6) is 11.5 Å². The second kappa shape index (κ2) is 11.3. The standard InChI is InChI=1S/C31H24BrNO4/c32-27-29(31(34)35)33-28-25(36-19-22-12-6-2-7-13-22)17-16-24(18-21-10-4-1-5-11-21)26(28)30(27)37-20-23-14-8-3-9-15-23/h1-17H,18-20H2,(H,34,35). The molecule has 1 aromatic heterocycles. The minimum absolute atomic E-state index is 0.128. The molecule has 37 heavy (non-hydrogen) atoms. The Morgan fingerprint density at radius 3 is 1.84 bits per heavy atom. The molecule has 5 aromatic rings. The van der Waals surface area contributed by atoms with Crippen molar-refractivity contribution < 1.29 is 19.4 Å². The molecule has 0 bridgehead atoms. The van der Waals surface area contributed by atoms with Gasteiger partial charge in [0, 0.05) is 0 Å². The molecule has 0 saturated carbocycles. The first kappa shape index (κ1) is 24.5. The first-order chi connectivity index (χ1) is 18.1. The molecule has 0 aliphatic rings. The van der Waals surface area contributed by atoms with Crippen LogP contribution in [-0.4, -0.2) is 16.1 Å². The topological polar surface area (TPSA) is 68.7 Å². The number of hydrogen-bond acceptors (Lipinski definition) is 4. The molecule has 4 aromatic carbocycles. The number of ether oxygens (including phenoxy) is 2. The van der Waals surface area contributed by atoms with Gasteiger partial charge in [-0.2, -0.15) is 0 Å². The summed E-state index contributed by atoms with van der Waals surface area (Å²) in [7, 11) is 0. The Bertz CT molecular complexity index is 1520. The fraction of sp³-hybridized carbons (Fsp3) is 0.0968. The number of carbonyl (C=O) groups is 1. The van der Waals surface area contributed by atoms with Gasteiger partial charge in [0.25, 0.3) is 0 Å². The predicted molar refractivity (Wildman–Crippen MR) is 147 cm³/mol. The zero-order valence-electron chi connectivity index (χ0n) is 19.9. The summed E-state index contributed by atoms with van der Waals surface area (Å²) >= 11 is 3.49. The van der Waals surface area contributed by atoms with Crippen LogP contribution in [-0.2, 0) is 19.6 Å². The van der Waals surface area contributed by atoms with E-state index in [4.69, 9.17) is 9.47 Å². The van der Waals surface area contributed by atoms with Crippen LogP contribution >= 0.6 is 15.9 Å². The Balaban J connectivity index is 1.65. The van der Waals surface area contributed by atoms with Crippen molar-refractivity contribution in [2.75, 3.05) is 0 Å². The average molecular weight is 554 g/mol. The Morgan fingerprint density at radius 1 is 0.730 bits per heavy atom. The van der Waals surface area contributed by atoms with Gasteiger partial charge in [-0.25, -0.2) is 9.78 Å². The third kappa shape index (κ3) is 5.65. The molecule has 5 rings (SSSR count). The van der Waals surface area contributed by atoms with Gasteiger partial charge in [0.15, 0.2) is 5.69 Å². The summed E-state index contributed by atoms with van der Waals surface area (Å²) in [6.07, 6.45) is 0.624. The maximum atomic E-state index is 12.2. The van der Waals surface area contributed by atoms with E-state index in [1.807, 2.05) is 91.0 Å². The molecule has 0 aliphatic carbocycles. The van der Waals surface area contributed by atoms with Crippen molar-refractivity contribution in [1.29, 1.82) is 0 Å². The SMILES string of the molecule is O=C(O)c1nc2c(OCc3ccccc3)ccc(Cc3ccccc3)c2c(OCc2ccccc2)c1Br. The van der Waals surface area contributed by atoms with Gasteiger partial charge in [-0.15, -0.1) is 0 Å². The van der Waals surface area contributed by atoms with E-state index in [9.17, 15) is 9.90 Å². The minimum Gasteiger partial charge on any atom is -0.487 e. The van der Waals surface area contributed by atoms with Gasteiger partial charge in [0.1, 0.15) is 30.2 Å². The summed E-state index contributed by atoms with van der Waals surface area (Å²) in [5.41, 5.74) is 4.37. The minimum atomic E-state index is -1.15. The van der Waals surface area contributed by atoms with Crippen LogP contribution in [0.15, 0.2) is 108 Å². The zero-order valence-corrected chi connectivity index (χ0v) is 21.5. The molecule has 0 saturated heterocycles. The Labute approximate surface area is 223 Å². The van der Waals surface area contributed by atoms with Crippen LogP contribution in [0.3, 0.4) is 0 Å². The largest absolute Gasteiger partial charge is 0.487 e. The summed E-state index contributed by atoms with van der Waals surface area (Å²) in [5.74, 6) is -0.224. The Morgan fingerprint density at radius 2 is 1.27 bits per heavy atom. The summed E-state index contributed by atoms with van der Waals surface area (Å²) in [6.45, 7) is 0.603. The number of fused-ring (bicyclic) bond motifs is 1. The number of rotatable bonds is 9. The van der Waals surface area contributed by atoms with E-state index in [1.54, 1.807) is 0 Å². The quantitative estimate of drug-likeness (QED) is 0.205. The van der Waals surface area contributed by atoms with Crippen LogP contribution in [0.1, 0.15) is 32.7 Å². The highest BCUT2D eigenvalue weighted by Gasteiger charge is 2.24. The molecular weight excluding hydrogens is 530 g/mol. The normalized spacial score (nSPS) is 10.8. The summed E-state index contributed by atoms with van der Waals surface area (Å²) < 4.78 is 12.8. The number of benzene rings is 4. The van der Waals surface area contributed by atoms with E-state index in [2.05, 4.69) is 33.0 Å². The second-order valence-electron chi connectivity index (χ2n) is 8.57. The highest BCUT2D eigenvalue weighted by molar-refractivity contribution is 9.10. The van der Waals surface area contributed by atoms with E-state index in [0.29, 0.717) is 34.5 Å². The van der Waals surface area contributed by atoms with Crippen LogP contribution in [0.4, 0.5) is 0 Å². The molecule has 0 fully saturated rings. The smallest absolute Gasteiger partial charge is 0.355 e. The predicted octanol–water partition coefficient (Wildman–Crippen LogP) is 7.44. The number of carboxylic acids is 1. The van der Waals surface area contributed by atoms with Gasteiger partial charge < -0.3 is 14.6 Å². The zero-order chi connectivity index (χ0) is 25.6. The fourth-order valence-corrected chi connectivity index (χ4v) is 4.75. The Kier molecular flexibility index (Phi) is 7.47. The maximum absolute atomic E-state index is 12.2. The van der Waals surface area contributed by atoms with Crippen LogP contribution < -0.4 is 9.47 Å². The van der Waals surface area contributed by atoms with Crippen molar-refractivity contribution in [3.63, 3.8) is 0 Å². The molecule has 5 nitrogen and oxygen atoms in total. The molecule has 1 heterocycles. The number of carboxylic acid groups (broad SMARTS) is 1. The highest BCUT2D eigenvalue weighted by atomic mass is 79.9. The summed E-state index contributed by atoms with van der Waals surface area (Å²) in [4.78, 5) is 16.7. The van der Waals surface area contributed by atoms with Crippen LogP contribution in [0.25, 0.3) is 10.9 Å². The molecule has 6 heteroatoms. The van der Waals surface area contributed by atoms with Crippen LogP contribution in [0.2, 0.25) is 0 Å². The average Bonchev–Trinajstić information content (AvgIpc) is 2.93. The summed E-state index contributed by atoms with van der Waals surface area (Å²) in [5, 5.41) is 10.7. The maximum Gasteiger partial charge on any atom is 0.355 e. The van der Waals surface area contributed by atoms with Gasteiger partial charge in [-0.1, -0.05) is 97.1 Å². The van der Waals surface area contributed by atoms with Crippen molar-refractivity contribution in [1.82, 2.24) is 4.98 Å². The molecular formula is C31H24BrNO4. The van der Waals surface area contributed by atoms with Gasteiger partial charge in [-0.3, -0.25) is 0 Å². The van der Waals surface area contributed by atoms with E-state index in [0.717, 1.165) is 27.6 Å². The number of pyridine rings is 1. The van der Waals surface area contributed by atoms with E-state index >= 15 is 0 Å². The van der Waals surface area contributed by atoms with Crippen molar-refractivity contribution in [2.45, 2.75) is 19.6 Å². The van der Waals surface area contributed by atoms with Crippen molar-refractivity contribution in [3.8, 4) is 11.5 Å². The molecule has 0 unspecified atom stereocenters. The lowest BCUT2D eigenvalue weighted by atomic mass is 9.99. The summed E-state index contributed by atoms with van der Waals surface area (Å²) in [6, 6.07) is 33.5. The van der Waals surface area contributed by atoms with E-state index in [-0.39, 0.29) is 12.3 Å². The monoisotopic (exact) mass is 553 g/mol. The highest BCUT2D eigenvalue weighted by Crippen LogP contribution is 2.42. The molecule has 184 valence electrons. The van der Waals surface area contributed by atoms with E-state index in [1.165, 1.54) is 0 Å². The molecule has 0 radical (unpaired) electrons. The second-order valence-corrected chi connectivity index (χ2v) is 9.36. The van der Waals surface area contributed by atoms with Crippen molar-refractivity contribution >= 4 is 32.8 Å². The molecule has 0 atom stereocenters. The van der Waals surface area contributed by atoms with Crippen molar-refractivity contribution in [3.05, 3.63) is 136 Å². The van der Waals surface area contributed by atoms with Gasteiger partial charge in [0.2, 0.25) is 0 Å². The number of halogens is 1. The van der Waals surface area contributed by atoms with E-state index < -0.39 is 5.97 Å². The fourth-order valence-electron chi connectivity index (χ4n) is 4.18. The van der Waals surface area contributed by atoms with Gasteiger partial charge >= 0.3 is 5.97 Å². The number of aromatic nitrogens is 1. The van der Waals surface area contributed by atoms with Crippen LogP contribution in [0, 0.1) is 0 Å². The van der Waals surface area contributed by atoms with Gasteiger partial charge in [0.05, 0.1) is 9.86 Å². The lowest BCUT2D eigenvalue weighted by Gasteiger charge is -2.18. The number of nitrogens with zero attached hydrogens (tertiary/aromatic N) is 1. The molecule has 0 spiro atoms. The van der Waals surface area contributed by atoms with Gasteiger partial charge in [-0.05, 0) is 50.7 Å². The first-order valence-corrected chi connectivity index (χ1v) is 12.6. The number of aromatic carboxylic acids is 1. The first-order valence-electron chi connectivity index (χ1n) is 11.9.